The van der Waals surface area contributed by atoms with E-state index in [1.807, 2.05) is 0 Å². The van der Waals surface area contributed by atoms with E-state index in [9.17, 15) is 18.4 Å². The summed E-state index contributed by atoms with van der Waals surface area (Å²) in [4.78, 5) is 25.0. The molecule has 0 bridgehead atoms. The first-order chi connectivity index (χ1) is 12.9. The van der Waals surface area contributed by atoms with Crippen LogP contribution in [-0.4, -0.2) is 10.5 Å². The number of pyridine rings is 1. The van der Waals surface area contributed by atoms with Crippen LogP contribution in [0.5, 0.6) is 0 Å². The predicted octanol–water partition coefficient (Wildman–Crippen LogP) is 4.73. The highest BCUT2D eigenvalue weighted by Gasteiger charge is 2.16. The molecule has 0 aliphatic carbocycles. The van der Waals surface area contributed by atoms with Crippen LogP contribution in [0.3, 0.4) is 0 Å². The number of nitrogens with zero attached hydrogens (tertiary/aromatic N) is 1. The van der Waals surface area contributed by atoms with Crippen LogP contribution in [0.1, 0.15) is 15.9 Å². The number of carbonyl (C=O) groups excluding carboxylic acids is 1. The van der Waals surface area contributed by atoms with Crippen LogP contribution in [0, 0.1) is 11.6 Å². The smallest absolute Gasteiger partial charge is 0.263 e. The number of carbonyl (C=O) groups is 1. The van der Waals surface area contributed by atoms with Crippen LogP contribution >= 0.6 is 23.2 Å². The van der Waals surface area contributed by atoms with Gasteiger partial charge in [-0.2, -0.15) is 0 Å². The molecule has 0 atom stereocenters. The van der Waals surface area contributed by atoms with E-state index in [1.165, 1.54) is 22.9 Å². The van der Waals surface area contributed by atoms with Crippen molar-refractivity contribution in [3.8, 4) is 0 Å². The summed E-state index contributed by atoms with van der Waals surface area (Å²) in [7, 11) is 0. The number of hydrogen-bond donors (Lipinski definition) is 1. The lowest BCUT2D eigenvalue weighted by Crippen LogP contribution is -2.29. The average Bonchev–Trinajstić information content (AvgIpc) is 2.62. The lowest BCUT2D eigenvalue weighted by molar-refractivity contribution is 0.102. The van der Waals surface area contributed by atoms with E-state index in [-0.39, 0.29) is 17.8 Å². The quantitative estimate of drug-likeness (QED) is 0.677. The number of hydrogen-bond acceptors (Lipinski definition) is 2. The Morgan fingerprint density at radius 2 is 1.74 bits per heavy atom. The maximum atomic E-state index is 13.7. The molecule has 1 aromatic heterocycles. The van der Waals surface area contributed by atoms with E-state index >= 15 is 0 Å². The summed E-state index contributed by atoms with van der Waals surface area (Å²) in [6.45, 7) is 0.0589. The van der Waals surface area contributed by atoms with Crippen molar-refractivity contribution in [2.75, 3.05) is 5.32 Å². The Morgan fingerprint density at radius 3 is 2.41 bits per heavy atom. The molecule has 3 rings (SSSR count). The van der Waals surface area contributed by atoms with Crippen LogP contribution in [-0.2, 0) is 6.54 Å². The highest BCUT2D eigenvalue weighted by Crippen LogP contribution is 2.24. The van der Waals surface area contributed by atoms with Crippen molar-refractivity contribution in [2.24, 2.45) is 0 Å². The summed E-state index contributed by atoms with van der Waals surface area (Å²) in [5.41, 5.74) is -0.506. The van der Waals surface area contributed by atoms with Crippen LogP contribution < -0.4 is 10.9 Å². The molecule has 1 amide bonds. The van der Waals surface area contributed by atoms with Crippen molar-refractivity contribution in [3.05, 3.63) is 97.9 Å². The van der Waals surface area contributed by atoms with Crippen molar-refractivity contribution in [1.82, 2.24) is 4.57 Å². The zero-order valence-electron chi connectivity index (χ0n) is 13.7. The molecule has 0 aliphatic rings. The first-order valence-electron chi connectivity index (χ1n) is 7.75. The number of aromatic nitrogens is 1. The normalized spacial score (nSPS) is 10.7. The zero-order chi connectivity index (χ0) is 19.6. The van der Waals surface area contributed by atoms with E-state index in [2.05, 4.69) is 5.32 Å². The van der Waals surface area contributed by atoms with Gasteiger partial charge in [0.2, 0.25) is 0 Å². The third-order valence-electron chi connectivity index (χ3n) is 3.83. The van der Waals surface area contributed by atoms with Gasteiger partial charge in [0, 0.05) is 27.9 Å². The minimum atomic E-state index is -0.942. The van der Waals surface area contributed by atoms with Gasteiger partial charge in [-0.1, -0.05) is 29.3 Å². The molecule has 1 heterocycles. The summed E-state index contributed by atoms with van der Waals surface area (Å²) in [5, 5.41) is 3.04. The molecule has 4 nitrogen and oxygen atoms in total. The molecular weight excluding hydrogens is 397 g/mol. The number of anilines is 1. The highest BCUT2D eigenvalue weighted by atomic mass is 35.5. The van der Waals surface area contributed by atoms with Crippen molar-refractivity contribution in [1.29, 1.82) is 0 Å². The van der Waals surface area contributed by atoms with E-state index < -0.39 is 23.1 Å². The Morgan fingerprint density at radius 1 is 1.04 bits per heavy atom. The average molecular weight is 409 g/mol. The van der Waals surface area contributed by atoms with Crippen LogP contribution in [0.25, 0.3) is 0 Å². The topological polar surface area (TPSA) is 51.1 Å². The van der Waals surface area contributed by atoms with Gasteiger partial charge in [0.25, 0.3) is 11.5 Å². The Kier molecular flexibility index (Phi) is 5.58. The number of halogens is 4. The molecule has 27 heavy (non-hydrogen) atoms. The van der Waals surface area contributed by atoms with E-state index in [0.717, 1.165) is 12.1 Å². The zero-order valence-corrected chi connectivity index (χ0v) is 15.2. The van der Waals surface area contributed by atoms with Gasteiger partial charge in [-0.15, -0.1) is 0 Å². The van der Waals surface area contributed by atoms with Gasteiger partial charge in [0.1, 0.15) is 17.2 Å². The molecule has 1 N–H and O–H groups in total. The monoisotopic (exact) mass is 408 g/mol. The van der Waals surface area contributed by atoms with Crippen molar-refractivity contribution >= 4 is 34.8 Å². The van der Waals surface area contributed by atoms with E-state index in [4.69, 9.17) is 23.2 Å². The maximum absolute atomic E-state index is 13.7. The Balaban J connectivity index is 1.90. The maximum Gasteiger partial charge on any atom is 0.263 e. The number of nitrogens with one attached hydrogen (secondary N) is 1. The first kappa shape index (κ1) is 19.1. The standard InChI is InChI=1S/C19H12Cl2F2N2O2/c20-14-4-1-5-15(21)13(14)10-25-8-2-3-12(19(25)27)18(26)24-17-7-6-11(22)9-16(17)23/h1-9H,10H2,(H,24,26). The molecule has 0 aliphatic heterocycles. The van der Waals surface area contributed by atoms with Gasteiger partial charge in [-0.3, -0.25) is 9.59 Å². The van der Waals surface area contributed by atoms with E-state index in [1.54, 1.807) is 18.2 Å². The Labute approximate surface area is 163 Å². The highest BCUT2D eigenvalue weighted by molar-refractivity contribution is 6.35. The molecule has 0 radical (unpaired) electrons. The van der Waals surface area contributed by atoms with Gasteiger partial charge in [-0.25, -0.2) is 8.78 Å². The van der Waals surface area contributed by atoms with Gasteiger partial charge >= 0.3 is 0 Å². The molecule has 3 aromatic rings. The molecule has 8 heteroatoms. The van der Waals surface area contributed by atoms with Crippen molar-refractivity contribution in [3.63, 3.8) is 0 Å². The summed E-state index contributed by atoms with van der Waals surface area (Å²) >= 11 is 12.2. The molecule has 138 valence electrons. The third-order valence-corrected chi connectivity index (χ3v) is 4.54. The second-order valence-electron chi connectivity index (χ2n) is 5.63. The van der Waals surface area contributed by atoms with Gasteiger partial charge in [-0.05, 0) is 36.4 Å². The fourth-order valence-corrected chi connectivity index (χ4v) is 2.99. The largest absolute Gasteiger partial charge is 0.319 e. The Bertz CT molecular complexity index is 1060. The number of rotatable bonds is 4. The summed E-state index contributed by atoms with van der Waals surface area (Å²) in [6, 6.07) is 10.5. The molecule has 0 fully saturated rings. The Hall–Kier alpha value is -2.70. The van der Waals surface area contributed by atoms with Gasteiger partial charge < -0.3 is 9.88 Å². The fraction of sp³-hybridized carbons (Fsp3) is 0.0526. The minimum absolute atomic E-state index is 0.0589. The molecule has 0 unspecified atom stereocenters. The minimum Gasteiger partial charge on any atom is -0.319 e. The van der Waals surface area contributed by atoms with Crippen molar-refractivity contribution in [2.45, 2.75) is 6.54 Å². The van der Waals surface area contributed by atoms with Crippen LogP contribution in [0.4, 0.5) is 14.5 Å². The molecule has 0 saturated carbocycles. The van der Waals surface area contributed by atoms with Crippen molar-refractivity contribution < 1.29 is 13.6 Å². The SMILES string of the molecule is O=C(Nc1ccc(F)cc1F)c1cccn(Cc2c(Cl)cccc2Cl)c1=O. The summed E-state index contributed by atoms with van der Waals surface area (Å²) in [5.74, 6) is -2.53. The molecule has 2 aromatic carbocycles. The number of amides is 1. The predicted molar refractivity (Wildman–Crippen MR) is 101 cm³/mol. The van der Waals surface area contributed by atoms with Crippen LogP contribution in [0.15, 0.2) is 59.5 Å². The fourth-order valence-electron chi connectivity index (χ4n) is 2.47. The van der Waals surface area contributed by atoms with Gasteiger partial charge in [0.15, 0.2) is 0 Å². The third kappa shape index (κ3) is 4.18. The summed E-state index contributed by atoms with van der Waals surface area (Å²) in [6.07, 6.45) is 1.48. The molecule has 0 spiro atoms. The second-order valence-corrected chi connectivity index (χ2v) is 6.45. The lowest BCUT2D eigenvalue weighted by atomic mass is 10.2. The molecule has 0 saturated heterocycles. The summed E-state index contributed by atoms with van der Waals surface area (Å²) < 4.78 is 28.0. The number of benzene rings is 2. The van der Waals surface area contributed by atoms with Gasteiger partial charge in [0.05, 0.1) is 12.2 Å². The second kappa shape index (κ2) is 7.90. The van der Waals surface area contributed by atoms with Crippen LogP contribution in [0.2, 0.25) is 10.0 Å². The molecular formula is C19H12Cl2F2N2O2. The van der Waals surface area contributed by atoms with E-state index in [0.29, 0.717) is 21.7 Å². The first-order valence-corrected chi connectivity index (χ1v) is 8.51. The lowest BCUT2D eigenvalue weighted by Gasteiger charge is -2.11.